The molecule has 1 saturated heterocycles. The van der Waals surface area contributed by atoms with Crippen molar-refractivity contribution in [1.82, 2.24) is 9.88 Å². The number of likely N-dealkylation sites (tertiary alicyclic amines) is 1. The summed E-state index contributed by atoms with van der Waals surface area (Å²) < 4.78 is 11.2. The minimum Gasteiger partial charge on any atom is -0.504 e. The summed E-state index contributed by atoms with van der Waals surface area (Å²) in [6, 6.07) is 1.76. The molecule has 0 unspecified atom stereocenters. The summed E-state index contributed by atoms with van der Waals surface area (Å²) in [5.74, 6) is 1.34. The molecule has 0 spiro atoms. The summed E-state index contributed by atoms with van der Waals surface area (Å²) >= 11 is 0. The first kappa shape index (κ1) is 17.6. The molecule has 6 heteroatoms. The number of carbonyl (C=O) groups is 1. The maximum atomic E-state index is 12.1. The number of hydrogen-bond acceptors (Lipinski definition) is 5. The van der Waals surface area contributed by atoms with Crippen LogP contribution in [0, 0.1) is 5.92 Å². The van der Waals surface area contributed by atoms with E-state index in [1.807, 2.05) is 20.8 Å². The molecule has 2 aromatic heterocycles. The van der Waals surface area contributed by atoms with Crippen LogP contribution in [0.15, 0.2) is 22.9 Å². The highest BCUT2D eigenvalue weighted by Crippen LogP contribution is 2.33. The molecule has 1 aliphatic rings. The zero-order valence-electron chi connectivity index (χ0n) is 15.1. The summed E-state index contributed by atoms with van der Waals surface area (Å²) in [6.45, 7) is 7.08. The number of aryl methyl sites for hydroxylation is 1. The van der Waals surface area contributed by atoms with E-state index in [4.69, 9.17) is 9.15 Å². The Morgan fingerprint density at radius 1 is 1.40 bits per heavy atom. The van der Waals surface area contributed by atoms with E-state index >= 15 is 0 Å². The number of aromatic hydroxyl groups is 1. The number of nitrogens with zero attached hydrogens (tertiary/aromatic N) is 2. The average molecular weight is 346 g/mol. The first-order valence-corrected chi connectivity index (χ1v) is 8.86. The summed E-state index contributed by atoms with van der Waals surface area (Å²) in [6.07, 6.45) is 6.57. The average Bonchev–Trinajstić information content (AvgIpc) is 2.88. The van der Waals surface area contributed by atoms with Crippen LogP contribution >= 0.6 is 0 Å². The van der Waals surface area contributed by atoms with Crippen LogP contribution in [0.3, 0.4) is 0 Å². The van der Waals surface area contributed by atoms with Crippen molar-refractivity contribution in [3.8, 4) is 5.75 Å². The summed E-state index contributed by atoms with van der Waals surface area (Å²) in [5, 5.41) is 10.9. The molecule has 6 nitrogen and oxygen atoms in total. The fourth-order valence-electron chi connectivity index (χ4n) is 3.22. The van der Waals surface area contributed by atoms with Crippen molar-refractivity contribution in [2.45, 2.75) is 52.1 Å². The van der Waals surface area contributed by atoms with Gasteiger partial charge in [0, 0.05) is 31.9 Å². The van der Waals surface area contributed by atoms with Gasteiger partial charge in [0.05, 0.1) is 5.39 Å². The number of fused-ring (bicyclic) bond motifs is 1. The zero-order chi connectivity index (χ0) is 18.0. The van der Waals surface area contributed by atoms with Crippen molar-refractivity contribution >= 4 is 17.1 Å². The Balaban J connectivity index is 1.51. The quantitative estimate of drug-likeness (QED) is 0.905. The molecule has 0 bridgehead atoms. The minimum absolute atomic E-state index is 0.203. The Kier molecular flexibility index (Phi) is 4.88. The van der Waals surface area contributed by atoms with Crippen molar-refractivity contribution in [1.29, 1.82) is 0 Å². The molecule has 1 N–H and O–H groups in total. The number of pyridine rings is 1. The van der Waals surface area contributed by atoms with Gasteiger partial charge < -0.3 is 19.2 Å². The van der Waals surface area contributed by atoms with E-state index in [1.54, 1.807) is 23.4 Å². The molecular weight excluding hydrogens is 320 g/mol. The third-order valence-electron chi connectivity index (χ3n) is 4.58. The SMILES string of the molecule is CC(C)(C)OC(=O)N1CCC(CCc2oc3ccncc3c2O)CC1. The predicted molar refractivity (Wildman–Crippen MR) is 94.5 cm³/mol. The summed E-state index contributed by atoms with van der Waals surface area (Å²) in [4.78, 5) is 17.9. The maximum absolute atomic E-state index is 12.1. The molecule has 25 heavy (non-hydrogen) atoms. The number of ether oxygens (including phenoxy) is 1. The molecule has 136 valence electrons. The highest BCUT2D eigenvalue weighted by molar-refractivity contribution is 5.83. The van der Waals surface area contributed by atoms with Crippen LogP contribution in [0.25, 0.3) is 11.0 Å². The lowest BCUT2D eigenvalue weighted by Gasteiger charge is -2.33. The predicted octanol–water partition coefficient (Wildman–Crippen LogP) is 4.11. The van der Waals surface area contributed by atoms with Gasteiger partial charge in [-0.05, 0) is 52.0 Å². The molecule has 3 heterocycles. The highest BCUT2D eigenvalue weighted by Gasteiger charge is 2.27. The molecule has 1 fully saturated rings. The minimum atomic E-state index is -0.457. The molecule has 1 amide bonds. The fraction of sp³-hybridized carbons (Fsp3) is 0.579. The lowest BCUT2D eigenvalue weighted by Crippen LogP contribution is -2.41. The highest BCUT2D eigenvalue weighted by atomic mass is 16.6. The van der Waals surface area contributed by atoms with Crippen molar-refractivity contribution in [3.63, 3.8) is 0 Å². The van der Waals surface area contributed by atoms with Gasteiger partial charge in [0.15, 0.2) is 5.75 Å². The molecule has 1 aliphatic heterocycles. The van der Waals surface area contributed by atoms with E-state index in [1.165, 1.54) is 0 Å². The van der Waals surface area contributed by atoms with Gasteiger partial charge in [-0.3, -0.25) is 4.98 Å². The largest absolute Gasteiger partial charge is 0.504 e. The van der Waals surface area contributed by atoms with Gasteiger partial charge in [-0.1, -0.05) is 0 Å². The molecule has 0 radical (unpaired) electrons. The van der Waals surface area contributed by atoms with Crippen LogP contribution in [-0.4, -0.2) is 39.8 Å². The van der Waals surface area contributed by atoms with Gasteiger partial charge in [-0.15, -0.1) is 0 Å². The molecule has 0 atom stereocenters. The van der Waals surface area contributed by atoms with Gasteiger partial charge in [-0.2, -0.15) is 0 Å². The molecule has 0 aromatic carbocycles. The number of rotatable bonds is 3. The van der Waals surface area contributed by atoms with E-state index in [-0.39, 0.29) is 11.8 Å². The van der Waals surface area contributed by atoms with Gasteiger partial charge in [0.1, 0.15) is 16.9 Å². The topological polar surface area (TPSA) is 75.8 Å². The van der Waals surface area contributed by atoms with Crippen molar-refractivity contribution in [2.24, 2.45) is 5.92 Å². The summed E-state index contributed by atoms with van der Waals surface area (Å²) in [5.41, 5.74) is 0.212. The number of amides is 1. The Hall–Kier alpha value is -2.24. The first-order chi connectivity index (χ1) is 11.8. The number of hydrogen-bond donors (Lipinski definition) is 1. The second kappa shape index (κ2) is 6.94. The number of piperidine rings is 1. The number of aromatic nitrogens is 1. The van der Waals surface area contributed by atoms with Gasteiger partial charge in [-0.25, -0.2) is 4.79 Å². The van der Waals surface area contributed by atoms with Gasteiger partial charge in [0.2, 0.25) is 0 Å². The monoisotopic (exact) mass is 346 g/mol. The standard InChI is InChI=1S/C19H26N2O4/c1-19(2,3)25-18(23)21-10-7-13(8-11-21)4-5-16-17(22)14-12-20-9-6-15(14)24-16/h6,9,12-13,22H,4-5,7-8,10-11H2,1-3H3. The lowest BCUT2D eigenvalue weighted by atomic mass is 9.92. The molecular formula is C19H26N2O4. The van der Waals surface area contributed by atoms with Gasteiger partial charge >= 0.3 is 6.09 Å². The van der Waals surface area contributed by atoms with Crippen LogP contribution in [0.4, 0.5) is 4.79 Å². The second-order valence-electron chi connectivity index (χ2n) is 7.70. The number of furan rings is 1. The Labute approximate surface area is 147 Å². The Morgan fingerprint density at radius 2 is 2.12 bits per heavy atom. The van der Waals surface area contributed by atoms with E-state index in [9.17, 15) is 9.90 Å². The van der Waals surface area contributed by atoms with Crippen LogP contribution < -0.4 is 0 Å². The molecule has 3 rings (SSSR count). The van der Waals surface area contributed by atoms with Crippen LogP contribution in [0.5, 0.6) is 5.75 Å². The zero-order valence-corrected chi connectivity index (χ0v) is 15.1. The molecule has 0 aliphatic carbocycles. The van der Waals surface area contributed by atoms with Crippen molar-refractivity contribution in [2.75, 3.05) is 13.1 Å². The van der Waals surface area contributed by atoms with E-state index in [0.717, 1.165) is 32.4 Å². The van der Waals surface area contributed by atoms with E-state index in [2.05, 4.69) is 4.98 Å². The maximum Gasteiger partial charge on any atom is 0.410 e. The lowest BCUT2D eigenvalue weighted by molar-refractivity contribution is 0.0181. The fourth-order valence-corrected chi connectivity index (χ4v) is 3.22. The first-order valence-electron chi connectivity index (χ1n) is 8.86. The summed E-state index contributed by atoms with van der Waals surface area (Å²) in [7, 11) is 0. The smallest absolute Gasteiger partial charge is 0.410 e. The number of carbonyl (C=O) groups excluding carboxylic acids is 1. The van der Waals surface area contributed by atoms with Gasteiger partial charge in [0.25, 0.3) is 0 Å². The molecule has 2 aromatic rings. The Bertz CT molecular complexity index is 739. The third-order valence-corrected chi connectivity index (χ3v) is 4.58. The van der Waals surface area contributed by atoms with Crippen LogP contribution in [0.2, 0.25) is 0 Å². The van der Waals surface area contributed by atoms with E-state index in [0.29, 0.717) is 29.1 Å². The Morgan fingerprint density at radius 3 is 2.76 bits per heavy atom. The van der Waals surface area contributed by atoms with E-state index < -0.39 is 5.60 Å². The normalized spacial score (nSPS) is 16.4. The molecule has 0 saturated carbocycles. The van der Waals surface area contributed by atoms with Crippen LogP contribution in [-0.2, 0) is 11.2 Å². The van der Waals surface area contributed by atoms with Crippen molar-refractivity contribution in [3.05, 3.63) is 24.2 Å². The third kappa shape index (κ3) is 4.24. The van der Waals surface area contributed by atoms with Crippen molar-refractivity contribution < 1.29 is 19.1 Å². The second-order valence-corrected chi connectivity index (χ2v) is 7.70. The van der Waals surface area contributed by atoms with Crippen LogP contribution in [0.1, 0.15) is 45.8 Å².